The maximum atomic E-state index is 13.5. The lowest BCUT2D eigenvalue weighted by molar-refractivity contribution is -0.156. The van der Waals surface area contributed by atoms with Crippen molar-refractivity contribution >= 4 is 16.9 Å². The van der Waals surface area contributed by atoms with Gasteiger partial charge in [-0.3, -0.25) is 4.79 Å². The van der Waals surface area contributed by atoms with Crippen molar-refractivity contribution in [3.8, 4) is 0 Å². The van der Waals surface area contributed by atoms with Crippen LogP contribution in [-0.4, -0.2) is 30.6 Å². The van der Waals surface area contributed by atoms with Gasteiger partial charge in [0.25, 0.3) is 0 Å². The van der Waals surface area contributed by atoms with Gasteiger partial charge in [0.15, 0.2) is 0 Å². The second kappa shape index (κ2) is 5.90. The van der Waals surface area contributed by atoms with Gasteiger partial charge >= 0.3 is 0 Å². The fraction of sp³-hybridized carbons (Fsp3) is 0.545. The van der Waals surface area contributed by atoms with Crippen LogP contribution in [0.5, 0.6) is 0 Å². The summed E-state index contributed by atoms with van der Waals surface area (Å²) in [6.07, 6.45) is 9.87. The summed E-state index contributed by atoms with van der Waals surface area (Å²) in [7, 11) is 0. The number of aryl methyl sites for hydroxylation is 1. The van der Waals surface area contributed by atoms with E-state index >= 15 is 0 Å². The minimum atomic E-state index is -0.279. The van der Waals surface area contributed by atoms with Gasteiger partial charge in [0.2, 0.25) is 5.91 Å². The number of imidazole rings is 1. The molecule has 4 aliphatic rings. The van der Waals surface area contributed by atoms with E-state index in [9.17, 15) is 4.79 Å². The van der Waals surface area contributed by atoms with Crippen LogP contribution in [0.25, 0.3) is 11.0 Å². The summed E-state index contributed by atoms with van der Waals surface area (Å²) in [5.41, 5.74) is 2.85. The Morgan fingerprint density at radius 3 is 2.86 bits per heavy atom. The fourth-order valence-corrected chi connectivity index (χ4v) is 6.81. The zero-order chi connectivity index (χ0) is 19.6. The maximum absolute atomic E-state index is 13.5. The zero-order valence-electron chi connectivity index (χ0n) is 16.7. The molecule has 29 heavy (non-hydrogen) atoms. The first-order valence-corrected chi connectivity index (χ1v) is 10.6. The van der Waals surface area contributed by atoms with E-state index in [0.29, 0.717) is 18.4 Å². The van der Waals surface area contributed by atoms with Gasteiger partial charge in [0.05, 0.1) is 28.5 Å². The topological polar surface area (TPSA) is 88.5 Å². The van der Waals surface area contributed by atoms with E-state index in [0.717, 1.165) is 49.0 Å². The first-order valence-electron chi connectivity index (χ1n) is 10.6. The molecule has 2 atom stereocenters. The number of carbonyl (C=O) groups is 1. The van der Waals surface area contributed by atoms with E-state index in [-0.39, 0.29) is 16.9 Å². The number of aromatic nitrogens is 5. The Morgan fingerprint density at radius 1 is 1.28 bits per heavy atom. The van der Waals surface area contributed by atoms with E-state index in [1.54, 1.807) is 6.33 Å². The second-order valence-corrected chi connectivity index (χ2v) is 9.69. The Kier molecular flexibility index (Phi) is 3.50. The standard InChI is InChI=1S/C22H26N6O/c1-14-2-3-17-18(4-14)27-19(26-17)10-24-20(29)21-6-15-5-16(7-21)9-22(8-15,11-21)28-13-23-12-25-28/h2-4,12-13,15-16H,5-11H2,1H3,(H,24,29)(H,26,27). The molecule has 7 heteroatoms. The highest BCUT2D eigenvalue weighted by atomic mass is 16.2. The number of nitrogens with zero attached hydrogens (tertiary/aromatic N) is 4. The van der Waals surface area contributed by atoms with E-state index < -0.39 is 0 Å². The van der Waals surface area contributed by atoms with Crippen LogP contribution in [0.15, 0.2) is 30.9 Å². The van der Waals surface area contributed by atoms with Crippen molar-refractivity contribution in [1.82, 2.24) is 30.0 Å². The molecule has 4 saturated carbocycles. The summed E-state index contributed by atoms with van der Waals surface area (Å²) in [5.74, 6) is 2.23. The summed E-state index contributed by atoms with van der Waals surface area (Å²) in [4.78, 5) is 25.6. The van der Waals surface area contributed by atoms with Crippen LogP contribution in [0.4, 0.5) is 0 Å². The van der Waals surface area contributed by atoms with Crippen LogP contribution in [0.2, 0.25) is 0 Å². The van der Waals surface area contributed by atoms with E-state index in [4.69, 9.17) is 0 Å². The van der Waals surface area contributed by atoms with E-state index in [1.165, 1.54) is 12.0 Å². The number of fused-ring (bicyclic) bond motifs is 1. The monoisotopic (exact) mass is 390 g/mol. The van der Waals surface area contributed by atoms with Gasteiger partial charge in [0.1, 0.15) is 18.5 Å². The second-order valence-electron chi connectivity index (χ2n) is 9.69. The number of nitrogens with one attached hydrogen (secondary N) is 2. The summed E-state index contributed by atoms with van der Waals surface area (Å²) in [6.45, 7) is 2.51. The zero-order valence-corrected chi connectivity index (χ0v) is 16.7. The van der Waals surface area contributed by atoms with Crippen molar-refractivity contribution in [2.75, 3.05) is 0 Å². The van der Waals surface area contributed by atoms with Gasteiger partial charge in [-0.05, 0) is 75.0 Å². The number of H-pyrrole nitrogens is 1. The average Bonchev–Trinajstić information content (AvgIpc) is 3.35. The number of hydrogen-bond donors (Lipinski definition) is 2. The first-order chi connectivity index (χ1) is 14.0. The lowest BCUT2D eigenvalue weighted by Gasteiger charge is -2.60. The minimum Gasteiger partial charge on any atom is -0.348 e. The number of aromatic amines is 1. The molecule has 2 unspecified atom stereocenters. The lowest BCUT2D eigenvalue weighted by atomic mass is 9.46. The van der Waals surface area contributed by atoms with E-state index in [1.807, 2.05) is 17.1 Å². The van der Waals surface area contributed by atoms with Crippen molar-refractivity contribution in [3.63, 3.8) is 0 Å². The Bertz CT molecular complexity index is 1070. The van der Waals surface area contributed by atoms with Gasteiger partial charge in [0, 0.05) is 0 Å². The van der Waals surface area contributed by atoms with Crippen LogP contribution in [0, 0.1) is 24.2 Å². The van der Waals surface area contributed by atoms with Gasteiger partial charge in [-0.25, -0.2) is 14.6 Å². The summed E-state index contributed by atoms with van der Waals surface area (Å²) in [6, 6.07) is 6.17. The number of carbonyl (C=O) groups excluding carboxylic acids is 1. The van der Waals surface area contributed by atoms with Gasteiger partial charge < -0.3 is 10.3 Å². The lowest BCUT2D eigenvalue weighted by Crippen LogP contribution is -2.61. The van der Waals surface area contributed by atoms with Crippen LogP contribution in [-0.2, 0) is 16.9 Å². The Balaban J connectivity index is 1.24. The maximum Gasteiger partial charge on any atom is 0.226 e. The number of benzene rings is 1. The van der Waals surface area contributed by atoms with Gasteiger partial charge in [-0.15, -0.1) is 0 Å². The number of rotatable bonds is 4. The first kappa shape index (κ1) is 17.2. The largest absolute Gasteiger partial charge is 0.348 e. The molecule has 4 fully saturated rings. The molecule has 4 bridgehead atoms. The van der Waals surface area contributed by atoms with Gasteiger partial charge in [-0.1, -0.05) is 6.07 Å². The highest BCUT2D eigenvalue weighted by Crippen LogP contribution is 2.64. The third-order valence-electron chi connectivity index (χ3n) is 7.52. The van der Waals surface area contributed by atoms with Gasteiger partial charge in [-0.2, -0.15) is 5.10 Å². The molecule has 2 aromatic heterocycles. The molecule has 2 N–H and O–H groups in total. The summed E-state index contributed by atoms with van der Waals surface area (Å²) < 4.78 is 2.05. The molecular weight excluding hydrogens is 364 g/mol. The number of hydrogen-bond acceptors (Lipinski definition) is 4. The van der Waals surface area contributed by atoms with Crippen molar-refractivity contribution < 1.29 is 4.79 Å². The van der Waals surface area contributed by atoms with Crippen molar-refractivity contribution in [3.05, 3.63) is 42.2 Å². The van der Waals surface area contributed by atoms with Crippen LogP contribution < -0.4 is 5.32 Å². The quantitative estimate of drug-likeness (QED) is 0.717. The smallest absolute Gasteiger partial charge is 0.226 e. The third kappa shape index (κ3) is 2.63. The third-order valence-corrected chi connectivity index (χ3v) is 7.52. The minimum absolute atomic E-state index is 0.0329. The fourth-order valence-electron chi connectivity index (χ4n) is 6.81. The van der Waals surface area contributed by atoms with Crippen LogP contribution in [0.3, 0.4) is 0 Å². The molecule has 7 rings (SSSR count). The predicted octanol–water partition coefficient (Wildman–Crippen LogP) is 3.07. The van der Waals surface area contributed by atoms with Crippen molar-refractivity contribution in [1.29, 1.82) is 0 Å². The van der Waals surface area contributed by atoms with Crippen molar-refractivity contribution in [2.45, 2.75) is 57.5 Å². The predicted molar refractivity (Wildman–Crippen MR) is 108 cm³/mol. The molecule has 150 valence electrons. The molecule has 0 radical (unpaired) electrons. The Hall–Kier alpha value is -2.70. The van der Waals surface area contributed by atoms with Crippen LogP contribution in [0.1, 0.15) is 49.9 Å². The normalized spacial score (nSPS) is 32.7. The molecule has 4 aliphatic carbocycles. The summed E-state index contributed by atoms with van der Waals surface area (Å²) in [5, 5.41) is 7.70. The molecule has 0 saturated heterocycles. The van der Waals surface area contributed by atoms with E-state index in [2.05, 4.69) is 44.4 Å². The molecule has 0 aliphatic heterocycles. The highest BCUT2D eigenvalue weighted by Gasteiger charge is 2.61. The molecule has 3 aromatic rings. The average molecular weight is 390 g/mol. The molecule has 0 spiro atoms. The Morgan fingerprint density at radius 2 is 2.10 bits per heavy atom. The molecule has 2 heterocycles. The van der Waals surface area contributed by atoms with Crippen LogP contribution >= 0.6 is 0 Å². The molecular formula is C22H26N6O. The van der Waals surface area contributed by atoms with Crippen molar-refractivity contribution in [2.24, 2.45) is 17.3 Å². The molecule has 1 aromatic carbocycles. The molecule has 1 amide bonds. The Labute approximate surface area is 169 Å². The number of amides is 1. The SMILES string of the molecule is Cc1ccc2nc(CNC(=O)C34CC5CC(C3)CC(n3cncn3)(C5)C4)[nH]c2c1. The molecule has 7 nitrogen and oxygen atoms in total. The summed E-state index contributed by atoms with van der Waals surface area (Å²) >= 11 is 0. The highest BCUT2D eigenvalue weighted by molar-refractivity contribution is 5.83.